The van der Waals surface area contributed by atoms with Gasteiger partial charge >= 0.3 is 0 Å². The molecular weight excluding hydrogens is 146 g/mol. The molecular formula is C9H16F2. The van der Waals surface area contributed by atoms with Gasteiger partial charge in [-0.15, -0.1) is 0 Å². The highest BCUT2D eigenvalue weighted by molar-refractivity contribution is 4.93. The molecule has 1 aliphatic rings. The van der Waals surface area contributed by atoms with Gasteiger partial charge in [0.25, 0.3) is 0 Å². The molecule has 0 atom stereocenters. The molecule has 2 heteroatoms. The average Bonchev–Trinajstić information content (AvgIpc) is 1.83. The monoisotopic (exact) mass is 162 g/mol. The third kappa shape index (κ3) is 1.71. The molecule has 1 fully saturated rings. The van der Waals surface area contributed by atoms with Crippen LogP contribution in [0.2, 0.25) is 0 Å². The minimum absolute atomic E-state index is 0.105. The third-order valence-corrected chi connectivity index (χ3v) is 3.11. The molecule has 0 radical (unpaired) electrons. The van der Waals surface area contributed by atoms with E-state index in [0.717, 1.165) is 6.42 Å². The van der Waals surface area contributed by atoms with Crippen LogP contribution in [0, 0.1) is 11.3 Å². The molecule has 0 saturated heterocycles. The quantitative estimate of drug-likeness (QED) is 0.583. The van der Waals surface area contributed by atoms with Gasteiger partial charge in [-0.1, -0.05) is 27.2 Å². The molecule has 0 N–H and O–H groups in total. The first-order chi connectivity index (χ1) is 4.87. The summed E-state index contributed by atoms with van der Waals surface area (Å²) in [6.07, 6.45) is 1.20. The molecule has 0 aromatic rings. The van der Waals surface area contributed by atoms with E-state index in [1.165, 1.54) is 0 Å². The lowest BCUT2D eigenvalue weighted by Crippen LogP contribution is -2.43. The van der Waals surface area contributed by atoms with Crippen LogP contribution in [-0.4, -0.2) is 5.92 Å². The summed E-state index contributed by atoms with van der Waals surface area (Å²) in [7, 11) is 0. The zero-order valence-electron chi connectivity index (χ0n) is 7.45. The number of halogens is 2. The van der Waals surface area contributed by atoms with E-state index < -0.39 is 5.92 Å². The zero-order chi connectivity index (χ0) is 8.70. The van der Waals surface area contributed by atoms with Crippen molar-refractivity contribution in [2.45, 2.75) is 46.0 Å². The van der Waals surface area contributed by atoms with Crippen LogP contribution in [0.1, 0.15) is 40.0 Å². The van der Waals surface area contributed by atoms with Gasteiger partial charge in [0.1, 0.15) is 0 Å². The van der Waals surface area contributed by atoms with E-state index in [2.05, 4.69) is 20.8 Å². The Hall–Kier alpha value is -0.140. The van der Waals surface area contributed by atoms with Crippen LogP contribution in [0.4, 0.5) is 8.78 Å². The normalized spacial score (nSPS) is 24.8. The van der Waals surface area contributed by atoms with Crippen LogP contribution in [-0.2, 0) is 0 Å². The number of hydrogen-bond acceptors (Lipinski definition) is 0. The lowest BCUT2D eigenvalue weighted by molar-refractivity contribution is -0.142. The van der Waals surface area contributed by atoms with E-state index >= 15 is 0 Å². The van der Waals surface area contributed by atoms with Crippen molar-refractivity contribution in [1.82, 2.24) is 0 Å². The van der Waals surface area contributed by atoms with Gasteiger partial charge < -0.3 is 0 Å². The van der Waals surface area contributed by atoms with Gasteiger partial charge in [-0.3, -0.25) is 0 Å². The molecule has 1 saturated carbocycles. The maximum Gasteiger partial charge on any atom is 0.248 e. The highest BCUT2D eigenvalue weighted by Gasteiger charge is 2.50. The van der Waals surface area contributed by atoms with Crippen molar-refractivity contribution >= 4 is 0 Å². The zero-order valence-corrected chi connectivity index (χ0v) is 7.45. The Kier molecular flexibility index (Phi) is 1.97. The molecule has 0 heterocycles. The van der Waals surface area contributed by atoms with Crippen LogP contribution in [0.15, 0.2) is 0 Å². The third-order valence-electron chi connectivity index (χ3n) is 3.11. The van der Waals surface area contributed by atoms with Crippen LogP contribution in [0.25, 0.3) is 0 Å². The van der Waals surface area contributed by atoms with Crippen LogP contribution >= 0.6 is 0 Å². The highest BCUT2D eigenvalue weighted by atomic mass is 19.3. The summed E-state index contributed by atoms with van der Waals surface area (Å²) in [5.41, 5.74) is 0.113. The summed E-state index contributed by atoms with van der Waals surface area (Å²) < 4.78 is 24.9. The average molecular weight is 162 g/mol. The maximum absolute atomic E-state index is 12.5. The summed E-state index contributed by atoms with van der Waals surface area (Å²) in [5.74, 6) is -2.11. The van der Waals surface area contributed by atoms with Gasteiger partial charge in [0.2, 0.25) is 5.92 Å². The van der Waals surface area contributed by atoms with Crippen LogP contribution in [0.3, 0.4) is 0 Å². The summed E-state index contributed by atoms with van der Waals surface area (Å²) in [6.45, 7) is 6.22. The first kappa shape index (κ1) is 8.95. The van der Waals surface area contributed by atoms with Crippen molar-refractivity contribution in [2.75, 3.05) is 0 Å². The van der Waals surface area contributed by atoms with Crippen LogP contribution in [0.5, 0.6) is 0 Å². The molecule has 11 heavy (non-hydrogen) atoms. The highest BCUT2D eigenvalue weighted by Crippen LogP contribution is 2.51. The first-order valence-electron chi connectivity index (χ1n) is 4.25. The van der Waals surface area contributed by atoms with Crippen molar-refractivity contribution in [3.05, 3.63) is 0 Å². The number of alkyl halides is 2. The Bertz CT molecular complexity index is 142. The van der Waals surface area contributed by atoms with Gasteiger partial charge in [0, 0.05) is 12.8 Å². The van der Waals surface area contributed by atoms with E-state index in [9.17, 15) is 8.78 Å². The fraction of sp³-hybridized carbons (Fsp3) is 1.00. The molecule has 0 bridgehead atoms. The molecule has 66 valence electrons. The van der Waals surface area contributed by atoms with Gasteiger partial charge in [0.05, 0.1) is 0 Å². The first-order valence-corrected chi connectivity index (χ1v) is 4.25. The van der Waals surface area contributed by atoms with Gasteiger partial charge in [-0.25, -0.2) is 8.78 Å². The Labute approximate surface area is 67.0 Å². The molecule has 1 rings (SSSR count). The maximum atomic E-state index is 12.5. The standard InChI is InChI=1S/C9H16F2/c1-4-8(2,3)7-5-9(10,11)6-7/h7H,4-6H2,1-3H3. The Balaban J connectivity index is 2.43. The van der Waals surface area contributed by atoms with Gasteiger partial charge in [-0.05, 0) is 11.3 Å². The van der Waals surface area contributed by atoms with Gasteiger partial charge in [-0.2, -0.15) is 0 Å². The molecule has 0 nitrogen and oxygen atoms in total. The lowest BCUT2D eigenvalue weighted by atomic mass is 9.64. The number of rotatable bonds is 2. The summed E-state index contributed by atoms with van der Waals surface area (Å²) in [6, 6.07) is 0. The minimum atomic E-state index is -2.35. The van der Waals surface area contributed by atoms with E-state index in [1.54, 1.807) is 0 Å². The Morgan fingerprint density at radius 2 is 1.82 bits per heavy atom. The van der Waals surface area contributed by atoms with E-state index in [0.29, 0.717) is 0 Å². The lowest BCUT2D eigenvalue weighted by Gasteiger charge is -2.44. The predicted octanol–water partition coefficient (Wildman–Crippen LogP) is 3.47. The van der Waals surface area contributed by atoms with E-state index in [1.807, 2.05) is 0 Å². The van der Waals surface area contributed by atoms with E-state index in [4.69, 9.17) is 0 Å². The molecule has 0 spiro atoms. The largest absolute Gasteiger partial charge is 0.248 e. The van der Waals surface area contributed by atoms with Crippen molar-refractivity contribution in [2.24, 2.45) is 11.3 Å². The molecule has 0 amide bonds. The minimum Gasteiger partial charge on any atom is -0.207 e. The second-order valence-electron chi connectivity index (χ2n) is 4.30. The van der Waals surface area contributed by atoms with Crippen LogP contribution < -0.4 is 0 Å². The van der Waals surface area contributed by atoms with Crippen molar-refractivity contribution in [3.63, 3.8) is 0 Å². The Morgan fingerprint density at radius 1 is 1.36 bits per heavy atom. The smallest absolute Gasteiger partial charge is 0.207 e. The van der Waals surface area contributed by atoms with Crippen molar-refractivity contribution < 1.29 is 8.78 Å². The fourth-order valence-electron chi connectivity index (χ4n) is 1.50. The summed E-state index contributed by atoms with van der Waals surface area (Å²) in [5, 5.41) is 0. The van der Waals surface area contributed by atoms with Crippen molar-refractivity contribution in [1.29, 1.82) is 0 Å². The number of hydrogen-bond donors (Lipinski definition) is 0. The topological polar surface area (TPSA) is 0 Å². The van der Waals surface area contributed by atoms with Gasteiger partial charge in [0.15, 0.2) is 0 Å². The SMILES string of the molecule is CCC(C)(C)C1CC(F)(F)C1. The summed E-state index contributed by atoms with van der Waals surface area (Å²) >= 11 is 0. The second-order valence-corrected chi connectivity index (χ2v) is 4.30. The van der Waals surface area contributed by atoms with Crippen molar-refractivity contribution in [3.8, 4) is 0 Å². The molecule has 0 unspecified atom stereocenters. The summed E-state index contributed by atoms with van der Waals surface area (Å²) in [4.78, 5) is 0. The molecule has 1 aliphatic carbocycles. The predicted molar refractivity (Wildman–Crippen MR) is 41.7 cm³/mol. The molecule has 0 aromatic carbocycles. The molecule has 0 aliphatic heterocycles. The second kappa shape index (κ2) is 2.43. The Morgan fingerprint density at radius 3 is 2.09 bits per heavy atom. The molecule has 0 aromatic heterocycles. The van der Waals surface area contributed by atoms with E-state index in [-0.39, 0.29) is 24.2 Å². The fourth-order valence-corrected chi connectivity index (χ4v) is 1.50.